The number of carbonyl (C=O) groups is 1. The molecule has 0 aromatic rings. The van der Waals surface area contributed by atoms with E-state index in [0.29, 0.717) is 6.61 Å². The SMILES string of the molecule is CCOC1(C(C)=O)CCC(CC)CC1. The molecule has 0 radical (unpaired) electrons. The normalized spacial score (nSPS) is 32.9. The highest BCUT2D eigenvalue weighted by atomic mass is 16.5. The molecule has 14 heavy (non-hydrogen) atoms. The van der Waals surface area contributed by atoms with Crippen LogP contribution in [0.4, 0.5) is 0 Å². The van der Waals surface area contributed by atoms with E-state index in [0.717, 1.165) is 31.6 Å². The summed E-state index contributed by atoms with van der Waals surface area (Å²) in [6.45, 7) is 6.51. The van der Waals surface area contributed by atoms with Crippen molar-refractivity contribution in [3.05, 3.63) is 0 Å². The van der Waals surface area contributed by atoms with Gasteiger partial charge in [0, 0.05) is 6.61 Å². The standard InChI is InChI=1S/C12H22O2/c1-4-11-6-8-12(9-7-11,10(3)13)14-5-2/h11H,4-9H2,1-3H3. The van der Waals surface area contributed by atoms with Crippen molar-refractivity contribution < 1.29 is 9.53 Å². The van der Waals surface area contributed by atoms with Gasteiger partial charge in [-0.05, 0) is 45.4 Å². The lowest BCUT2D eigenvalue weighted by molar-refractivity contribution is -0.148. The Morgan fingerprint density at radius 1 is 1.36 bits per heavy atom. The molecule has 82 valence electrons. The van der Waals surface area contributed by atoms with Gasteiger partial charge >= 0.3 is 0 Å². The fraction of sp³-hybridized carbons (Fsp3) is 0.917. The average molecular weight is 198 g/mol. The van der Waals surface area contributed by atoms with Gasteiger partial charge in [-0.2, -0.15) is 0 Å². The molecule has 1 aliphatic carbocycles. The molecule has 0 spiro atoms. The van der Waals surface area contributed by atoms with E-state index in [-0.39, 0.29) is 5.78 Å². The summed E-state index contributed by atoms with van der Waals surface area (Å²) < 4.78 is 5.68. The monoisotopic (exact) mass is 198 g/mol. The van der Waals surface area contributed by atoms with Crippen molar-refractivity contribution >= 4 is 5.78 Å². The summed E-state index contributed by atoms with van der Waals surface area (Å²) in [5, 5.41) is 0. The molecule has 0 unspecified atom stereocenters. The van der Waals surface area contributed by atoms with Gasteiger partial charge in [0.2, 0.25) is 0 Å². The van der Waals surface area contributed by atoms with Crippen LogP contribution in [0.3, 0.4) is 0 Å². The van der Waals surface area contributed by atoms with Gasteiger partial charge in [0.1, 0.15) is 5.60 Å². The Morgan fingerprint density at radius 3 is 2.29 bits per heavy atom. The van der Waals surface area contributed by atoms with Gasteiger partial charge in [-0.3, -0.25) is 4.79 Å². The maximum Gasteiger partial charge on any atom is 0.161 e. The van der Waals surface area contributed by atoms with Gasteiger partial charge in [-0.1, -0.05) is 13.3 Å². The molecular formula is C12H22O2. The second-order valence-corrected chi connectivity index (χ2v) is 4.34. The van der Waals surface area contributed by atoms with Crippen molar-refractivity contribution in [2.45, 2.75) is 58.5 Å². The molecule has 2 nitrogen and oxygen atoms in total. The summed E-state index contributed by atoms with van der Waals surface area (Å²) in [7, 11) is 0. The Kier molecular flexibility index (Phi) is 4.11. The summed E-state index contributed by atoms with van der Waals surface area (Å²) >= 11 is 0. The van der Waals surface area contributed by atoms with Crippen LogP contribution < -0.4 is 0 Å². The summed E-state index contributed by atoms with van der Waals surface area (Å²) in [5.41, 5.74) is -0.430. The molecule has 1 aliphatic rings. The predicted molar refractivity (Wildman–Crippen MR) is 57.3 cm³/mol. The fourth-order valence-corrected chi connectivity index (χ4v) is 2.43. The number of Topliss-reactive ketones (excluding diaryl/α,β-unsaturated/α-hetero) is 1. The first-order valence-electron chi connectivity index (χ1n) is 5.79. The Bertz CT molecular complexity index is 190. The zero-order valence-corrected chi connectivity index (χ0v) is 9.64. The minimum Gasteiger partial charge on any atom is -0.368 e. The average Bonchev–Trinajstić information content (AvgIpc) is 2.19. The lowest BCUT2D eigenvalue weighted by Crippen LogP contribution is -2.43. The third-order valence-corrected chi connectivity index (χ3v) is 3.55. The van der Waals surface area contributed by atoms with Crippen molar-refractivity contribution in [1.29, 1.82) is 0 Å². The topological polar surface area (TPSA) is 26.3 Å². The number of ether oxygens (including phenoxy) is 1. The van der Waals surface area contributed by atoms with Crippen molar-refractivity contribution in [3.63, 3.8) is 0 Å². The first-order chi connectivity index (χ1) is 6.64. The van der Waals surface area contributed by atoms with Crippen LogP contribution in [0.1, 0.15) is 52.9 Å². The molecule has 0 atom stereocenters. The first kappa shape index (κ1) is 11.7. The third kappa shape index (κ3) is 2.35. The maximum absolute atomic E-state index is 11.6. The van der Waals surface area contributed by atoms with Gasteiger partial charge in [-0.25, -0.2) is 0 Å². The van der Waals surface area contributed by atoms with Gasteiger partial charge in [0.15, 0.2) is 5.78 Å². The molecule has 2 heteroatoms. The smallest absolute Gasteiger partial charge is 0.161 e. The van der Waals surface area contributed by atoms with Crippen molar-refractivity contribution in [1.82, 2.24) is 0 Å². The van der Waals surface area contributed by atoms with Crippen LogP contribution in [0.5, 0.6) is 0 Å². The van der Waals surface area contributed by atoms with E-state index >= 15 is 0 Å². The lowest BCUT2D eigenvalue weighted by Gasteiger charge is -2.37. The zero-order valence-electron chi connectivity index (χ0n) is 9.64. The number of carbonyl (C=O) groups excluding carboxylic acids is 1. The van der Waals surface area contributed by atoms with E-state index < -0.39 is 5.60 Å². The van der Waals surface area contributed by atoms with Crippen LogP contribution in [0.2, 0.25) is 0 Å². The predicted octanol–water partition coefficient (Wildman–Crippen LogP) is 2.95. The van der Waals surface area contributed by atoms with Gasteiger partial charge in [0.25, 0.3) is 0 Å². The summed E-state index contributed by atoms with van der Waals surface area (Å²) in [5.74, 6) is 1.02. The molecule has 0 amide bonds. The quantitative estimate of drug-likeness (QED) is 0.694. The van der Waals surface area contributed by atoms with Crippen molar-refractivity contribution in [2.75, 3.05) is 6.61 Å². The molecule has 0 heterocycles. The van der Waals surface area contributed by atoms with Crippen LogP contribution in [0.15, 0.2) is 0 Å². The highest BCUT2D eigenvalue weighted by molar-refractivity contribution is 5.85. The number of hydrogen-bond donors (Lipinski definition) is 0. The van der Waals surface area contributed by atoms with Gasteiger partial charge in [0.05, 0.1) is 0 Å². The molecular weight excluding hydrogens is 176 g/mol. The highest BCUT2D eigenvalue weighted by Gasteiger charge is 2.39. The number of ketones is 1. The molecule has 0 aromatic carbocycles. The molecule has 1 saturated carbocycles. The van der Waals surface area contributed by atoms with E-state index in [9.17, 15) is 4.79 Å². The molecule has 1 rings (SSSR count). The van der Waals surface area contributed by atoms with E-state index in [1.54, 1.807) is 6.92 Å². The second kappa shape index (κ2) is 4.92. The second-order valence-electron chi connectivity index (χ2n) is 4.34. The lowest BCUT2D eigenvalue weighted by atomic mass is 9.76. The highest BCUT2D eigenvalue weighted by Crippen LogP contribution is 2.36. The molecule has 0 aromatic heterocycles. The molecule has 0 aliphatic heterocycles. The number of rotatable bonds is 4. The molecule has 1 fully saturated rings. The third-order valence-electron chi connectivity index (χ3n) is 3.55. The fourth-order valence-electron chi connectivity index (χ4n) is 2.43. The minimum absolute atomic E-state index is 0.217. The summed E-state index contributed by atoms with van der Waals surface area (Å²) in [4.78, 5) is 11.6. The van der Waals surface area contributed by atoms with Gasteiger partial charge in [-0.15, -0.1) is 0 Å². The number of hydrogen-bond acceptors (Lipinski definition) is 2. The van der Waals surface area contributed by atoms with Crippen LogP contribution in [0.25, 0.3) is 0 Å². The van der Waals surface area contributed by atoms with Crippen LogP contribution >= 0.6 is 0 Å². The Balaban J connectivity index is 2.59. The largest absolute Gasteiger partial charge is 0.368 e. The Labute approximate surface area is 87.0 Å². The van der Waals surface area contributed by atoms with Crippen LogP contribution in [-0.2, 0) is 9.53 Å². The Morgan fingerprint density at radius 2 is 1.93 bits per heavy atom. The minimum atomic E-state index is -0.430. The maximum atomic E-state index is 11.6. The first-order valence-corrected chi connectivity index (χ1v) is 5.79. The molecule has 0 N–H and O–H groups in total. The van der Waals surface area contributed by atoms with E-state index in [4.69, 9.17) is 4.74 Å². The summed E-state index contributed by atoms with van der Waals surface area (Å²) in [6, 6.07) is 0. The molecule has 0 saturated heterocycles. The summed E-state index contributed by atoms with van der Waals surface area (Å²) in [6.07, 6.45) is 5.38. The van der Waals surface area contributed by atoms with Crippen LogP contribution in [-0.4, -0.2) is 18.0 Å². The van der Waals surface area contributed by atoms with Crippen molar-refractivity contribution in [2.24, 2.45) is 5.92 Å². The van der Waals surface area contributed by atoms with E-state index in [2.05, 4.69) is 6.92 Å². The molecule has 0 bridgehead atoms. The Hall–Kier alpha value is -0.370. The zero-order chi connectivity index (χ0) is 10.6. The van der Waals surface area contributed by atoms with E-state index in [1.807, 2.05) is 6.92 Å². The van der Waals surface area contributed by atoms with Gasteiger partial charge < -0.3 is 4.74 Å². The van der Waals surface area contributed by atoms with E-state index in [1.165, 1.54) is 6.42 Å². The van der Waals surface area contributed by atoms with Crippen molar-refractivity contribution in [3.8, 4) is 0 Å². The van der Waals surface area contributed by atoms with Crippen LogP contribution in [0, 0.1) is 5.92 Å².